The largest absolute Gasteiger partial charge is 0.481 e. The molecule has 0 unspecified atom stereocenters. The van der Waals surface area contributed by atoms with Gasteiger partial charge < -0.3 is 14.6 Å². The Morgan fingerprint density at radius 1 is 1.20 bits per heavy atom. The van der Waals surface area contributed by atoms with Crippen LogP contribution in [0.15, 0.2) is 24.3 Å². The summed E-state index contributed by atoms with van der Waals surface area (Å²) in [6, 6.07) is 8.48. The van der Waals surface area contributed by atoms with Crippen molar-refractivity contribution in [3.05, 3.63) is 34.7 Å². The third-order valence-corrected chi connectivity index (χ3v) is 2.09. The number of aliphatic carboxylic acids is 1. The van der Waals surface area contributed by atoms with Gasteiger partial charge in [-0.05, 0) is 10.4 Å². The number of methoxy groups -OCH3 is 2. The second kappa shape index (κ2) is 5.48. The summed E-state index contributed by atoms with van der Waals surface area (Å²) in [7, 11) is 2.80. The normalized spacial score (nSPS) is 10.6. The zero-order chi connectivity index (χ0) is 11.3. The molecule has 0 saturated carbocycles. The molecular formula is C11H14O4. The van der Waals surface area contributed by atoms with Gasteiger partial charge in [-0.25, -0.2) is 0 Å². The first kappa shape index (κ1) is 11.7. The van der Waals surface area contributed by atoms with Gasteiger partial charge in [-0.2, -0.15) is 0 Å². The fraction of sp³-hybridized carbons (Fsp3) is 0.364. The number of carboxylic acids is 1. The van der Waals surface area contributed by atoms with Crippen molar-refractivity contribution in [2.24, 2.45) is 0 Å². The van der Waals surface area contributed by atoms with E-state index >= 15 is 0 Å². The summed E-state index contributed by atoms with van der Waals surface area (Å²) in [6.45, 7) is 0. The van der Waals surface area contributed by atoms with Crippen LogP contribution in [0, 0.1) is 10.4 Å². The number of benzene rings is 1. The van der Waals surface area contributed by atoms with Gasteiger partial charge in [0.05, 0.1) is 6.42 Å². The summed E-state index contributed by atoms with van der Waals surface area (Å²) in [5.41, 5.74) is 0. The maximum absolute atomic E-state index is 9.97. The average molecular weight is 210 g/mol. The molecule has 1 N–H and O–H groups in total. The van der Waals surface area contributed by atoms with E-state index in [1.165, 1.54) is 24.7 Å². The lowest BCUT2D eigenvalue weighted by molar-refractivity contribution is -0.153. The molecule has 0 aliphatic heterocycles. The number of hydrogen-bond acceptors (Lipinski definition) is 3. The maximum atomic E-state index is 9.97. The molecule has 2 aliphatic rings. The highest BCUT2D eigenvalue weighted by molar-refractivity contribution is 5.67. The third kappa shape index (κ3) is 3.34. The Bertz CT molecular complexity index is 359. The summed E-state index contributed by atoms with van der Waals surface area (Å²) in [5, 5.41) is 11.0. The topological polar surface area (TPSA) is 55.8 Å². The van der Waals surface area contributed by atoms with Gasteiger partial charge in [0.2, 0.25) is 0 Å². The summed E-state index contributed by atoms with van der Waals surface area (Å²) in [5.74, 6) is -0.927. The van der Waals surface area contributed by atoms with Gasteiger partial charge in [0.1, 0.15) is 0 Å². The third-order valence-electron chi connectivity index (χ3n) is 2.09. The van der Waals surface area contributed by atoms with Crippen molar-refractivity contribution in [2.75, 3.05) is 14.2 Å². The minimum absolute atomic E-state index is 0.118. The van der Waals surface area contributed by atoms with Gasteiger partial charge in [0.15, 0.2) is 6.29 Å². The molecule has 0 atom stereocenters. The molecule has 0 amide bonds. The van der Waals surface area contributed by atoms with Gasteiger partial charge in [0.25, 0.3) is 0 Å². The minimum atomic E-state index is -0.927. The Balaban J connectivity index is 0.000000158. The second-order valence-electron chi connectivity index (χ2n) is 3.08. The van der Waals surface area contributed by atoms with Crippen molar-refractivity contribution in [3.63, 3.8) is 0 Å². The molecule has 0 saturated heterocycles. The van der Waals surface area contributed by atoms with Crippen LogP contribution in [0.3, 0.4) is 0 Å². The van der Waals surface area contributed by atoms with Crippen LogP contribution in [0.2, 0.25) is 0 Å². The highest BCUT2D eigenvalue weighted by Gasteiger charge is 2.08. The zero-order valence-electron chi connectivity index (χ0n) is 8.77. The lowest BCUT2D eigenvalue weighted by atomic mass is 10.1. The van der Waals surface area contributed by atoms with Crippen LogP contribution in [0.25, 0.3) is 0 Å². The van der Waals surface area contributed by atoms with E-state index in [2.05, 4.69) is 33.7 Å². The predicted molar refractivity (Wildman–Crippen MR) is 54.2 cm³/mol. The highest BCUT2D eigenvalue weighted by atomic mass is 16.7. The molecule has 15 heavy (non-hydrogen) atoms. The molecule has 0 bridgehead atoms. The van der Waals surface area contributed by atoms with Crippen LogP contribution >= 0.6 is 0 Å². The predicted octanol–water partition coefficient (Wildman–Crippen LogP) is 1.37. The van der Waals surface area contributed by atoms with E-state index in [0.29, 0.717) is 0 Å². The first-order valence-corrected chi connectivity index (χ1v) is 4.55. The molecule has 0 spiro atoms. The smallest absolute Gasteiger partial charge is 0.308 e. The van der Waals surface area contributed by atoms with E-state index in [-0.39, 0.29) is 6.42 Å². The summed E-state index contributed by atoms with van der Waals surface area (Å²) in [4.78, 5) is 9.97. The number of carbonyl (C=O) groups is 1. The van der Waals surface area contributed by atoms with Gasteiger partial charge in [0, 0.05) is 14.2 Å². The Morgan fingerprint density at radius 2 is 1.60 bits per heavy atom. The van der Waals surface area contributed by atoms with E-state index in [4.69, 9.17) is 5.11 Å². The molecule has 4 nitrogen and oxygen atoms in total. The van der Waals surface area contributed by atoms with E-state index in [0.717, 1.165) is 0 Å². The Kier molecular flexibility index (Phi) is 4.27. The molecule has 0 fully saturated rings. The minimum Gasteiger partial charge on any atom is -0.481 e. The zero-order valence-corrected chi connectivity index (χ0v) is 8.77. The first-order valence-electron chi connectivity index (χ1n) is 4.55. The molecule has 2 aliphatic carbocycles. The van der Waals surface area contributed by atoms with Crippen molar-refractivity contribution < 1.29 is 19.4 Å². The van der Waals surface area contributed by atoms with Crippen molar-refractivity contribution in [2.45, 2.75) is 12.7 Å². The summed E-state index contributed by atoms with van der Waals surface area (Å²) < 4.78 is 9.21. The molecule has 0 aromatic heterocycles. The molecule has 2 rings (SSSR count). The fourth-order valence-corrected chi connectivity index (χ4v) is 1.07. The van der Waals surface area contributed by atoms with Gasteiger partial charge in [-0.1, -0.05) is 24.3 Å². The summed E-state index contributed by atoms with van der Waals surface area (Å²) in [6.07, 6.45) is -0.741. The first-order chi connectivity index (χ1) is 7.17. The molecule has 0 radical (unpaired) electrons. The van der Waals surface area contributed by atoms with E-state index in [1.54, 1.807) is 0 Å². The van der Waals surface area contributed by atoms with Gasteiger partial charge in [-0.3, -0.25) is 4.79 Å². The number of rotatable bonds is 4. The lowest BCUT2D eigenvalue weighted by Gasteiger charge is -2.08. The molecule has 82 valence electrons. The number of ether oxygens (including phenoxy) is 2. The van der Waals surface area contributed by atoms with Crippen molar-refractivity contribution in [3.8, 4) is 0 Å². The van der Waals surface area contributed by atoms with Crippen molar-refractivity contribution in [1.29, 1.82) is 0 Å². The van der Waals surface area contributed by atoms with Crippen LogP contribution in [0.1, 0.15) is 6.42 Å². The van der Waals surface area contributed by atoms with Crippen LogP contribution in [-0.4, -0.2) is 31.6 Å². The Labute approximate surface area is 87.7 Å². The van der Waals surface area contributed by atoms with Crippen LogP contribution in [0.5, 0.6) is 0 Å². The van der Waals surface area contributed by atoms with Crippen LogP contribution < -0.4 is 0 Å². The second-order valence-corrected chi connectivity index (χ2v) is 3.08. The lowest BCUT2D eigenvalue weighted by Crippen LogP contribution is -2.17. The monoisotopic (exact) mass is 210 g/mol. The standard InChI is InChI=1S/C6H4.C5H10O4/c1-2-6-4-3-5(1)6;1-8-5(9-2)3-4(6)7/h1-4H;5H,3H2,1-2H3,(H,6,7). The molecule has 4 heteroatoms. The molecule has 0 aromatic carbocycles. The number of carboxylic acid groups (broad SMARTS) is 1. The van der Waals surface area contributed by atoms with E-state index < -0.39 is 12.3 Å². The van der Waals surface area contributed by atoms with Gasteiger partial charge in [-0.15, -0.1) is 0 Å². The van der Waals surface area contributed by atoms with Crippen LogP contribution in [-0.2, 0) is 14.3 Å². The van der Waals surface area contributed by atoms with Gasteiger partial charge >= 0.3 is 5.97 Å². The fourth-order valence-electron chi connectivity index (χ4n) is 1.07. The molecule has 0 heterocycles. The van der Waals surface area contributed by atoms with Crippen molar-refractivity contribution >= 4 is 5.97 Å². The highest BCUT2D eigenvalue weighted by Crippen LogP contribution is 2.04. The maximum Gasteiger partial charge on any atom is 0.308 e. The Hall–Kier alpha value is -1.39. The average Bonchev–Trinajstić information content (AvgIpc) is 2.20. The molecular weight excluding hydrogens is 196 g/mol. The Morgan fingerprint density at radius 3 is 1.67 bits per heavy atom. The van der Waals surface area contributed by atoms with Crippen molar-refractivity contribution in [1.82, 2.24) is 0 Å². The quantitative estimate of drug-likeness (QED) is 0.774. The molecule has 0 aromatic rings. The SMILES string of the molecule is COC(CC(=O)O)OC.c1cc2ccc1=2. The number of hydrogen-bond donors (Lipinski definition) is 1. The van der Waals surface area contributed by atoms with E-state index in [9.17, 15) is 4.79 Å². The van der Waals surface area contributed by atoms with Crippen LogP contribution in [0.4, 0.5) is 0 Å². The summed E-state index contributed by atoms with van der Waals surface area (Å²) >= 11 is 0. The van der Waals surface area contributed by atoms with E-state index in [1.807, 2.05) is 0 Å².